The summed E-state index contributed by atoms with van der Waals surface area (Å²) in [4.78, 5) is 31.7. The summed E-state index contributed by atoms with van der Waals surface area (Å²) in [5.41, 5.74) is 6.47. The van der Waals surface area contributed by atoms with E-state index in [1.807, 2.05) is 0 Å². The van der Waals surface area contributed by atoms with E-state index in [2.05, 4.69) is 45.1 Å². The van der Waals surface area contributed by atoms with Crippen LogP contribution in [0.4, 0.5) is 5.82 Å². The van der Waals surface area contributed by atoms with Crippen molar-refractivity contribution in [2.75, 3.05) is 32.0 Å². The third-order valence-electron chi connectivity index (χ3n) is 4.60. The molecule has 3 heterocycles. The number of nitrogens with zero attached hydrogens (tertiary/aromatic N) is 5. The van der Waals surface area contributed by atoms with Crippen LogP contribution in [-0.2, 0) is 13.8 Å². The quantitative estimate of drug-likeness (QED) is 0.450. The molecule has 13 heteroatoms. The first-order chi connectivity index (χ1) is 13.7. The normalized spacial score (nSPS) is 22.1. The van der Waals surface area contributed by atoms with Gasteiger partial charge in [0, 0.05) is 6.42 Å². The van der Waals surface area contributed by atoms with Crippen molar-refractivity contribution >= 4 is 24.8 Å². The second kappa shape index (κ2) is 10.4. The number of hydrogen-bond donors (Lipinski definition) is 4. The number of imidazole rings is 1. The Bertz CT molecular complexity index is 820. The molecule has 5 N–H and O–H groups in total. The van der Waals surface area contributed by atoms with Gasteiger partial charge in [0.1, 0.15) is 17.9 Å². The largest absolute Gasteiger partial charge is 0.469 e. The zero-order valence-electron chi connectivity index (χ0n) is 16.7. The van der Waals surface area contributed by atoms with E-state index in [-0.39, 0.29) is 18.8 Å². The number of anilines is 1. The first-order valence-corrected chi connectivity index (χ1v) is 10.9. The van der Waals surface area contributed by atoms with Crippen molar-refractivity contribution in [2.24, 2.45) is 0 Å². The molecule has 0 unspecified atom stereocenters. The molecule has 1 fully saturated rings. The SMILES string of the molecule is CCN(CC)CC.Nc1ncnc2c1ncn2[C@@H]1O[C@H](COP(=O)(O)O)C[C@H]1O. The van der Waals surface area contributed by atoms with Crippen molar-refractivity contribution < 1.29 is 28.7 Å². The van der Waals surface area contributed by atoms with E-state index < -0.39 is 26.3 Å². The van der Waals surface area contributed by atoms with E-state index >= 15 is 0 Å². The predicted octanol–water partition coefficient (Wildman–Crippen LogP) is 0.514. The van der Waals surface area contributed by atoms with Gasteiger partial charge in [-0.15, -0.1) is 0 Å². The molecule has 0 aliphatic carbocycles. The Labute approximate surface area is 168 Å². The van der Waals surface area contributed by atoms with Crippen molar-refractivity contribution in [1.82, 2.24) is 24.4 Å². The van der Waals surface area contributed by atoms with E-state index in [4.69, 9.17) is 20.3 Å². The number of fused-ring (bicyclic) bond motifs is 1. The van der Waals surface area contributed by atoms with Crippen LogP contribution in [0.3, 0.4) is 0 Å². The molecule has 0 bridgehead atoms. The maximum atomic E-state index is 10.7. The highest BCUT2D eigenvalue weighted by molar-refractivity contribution is 7.46. The number of nitrogens with two attached hydrogens (primary N) is 1. The highest BCUT2D eigenvalue weighted by atomic mass is 31.2. The Morgan fingerprint density at radius 1 is 1.28 bits per heavy atom. The Kier molecular flexibility index (Phi) is 8.46. The maximum absolute atomic E-state index is 10.7. The third kappa shape index (κ3) is 6.41. The van der Waals surface area contributed by atoms with E-state index in [0.717, 1.165) is 0 Å². The number of aliphatic hydroxyl groups excluding tert-OH is 1. The molecular formula is C16H29N6O6P. The number of nitrogen functional groups attached to an aromatic ring is 1. The Morgan fingerprint density at radius 3 is 2.48 bits per heavy atom. The van der Waals surface area contributed by atoms with Crippen LogP contribution in [-0.4, -0.2) is 77.8 Å². The lowest BCUT2D eigenvalue weighted by Crippen LogP contribution is -2.21. The minimum atomic E-state index is -4.58. The Hall–Kier alpha value is -1.66. The van der Waals surface area contributed by atoms with Crippen molar-refractivity contribution in [1.29, 1.82) is 0 Å². The van der Waals surface area contributed by atoms with Crippen LogP contribution in [0.5, 0.6) is 0 Å². The van der Waals surface area contributed by atoms with Crippen molar-refractivity contribution in [3.05, 3.63) is 12.7 Å². The lowest BCUT2D eigenvalue weighted by molar-refractivity contribution is -0.0481. The summed E-state index contributed by atoms with van der Waals surface area (Å²) in [7, 11) is -4.58. The first kappa shape index (κ1) is 23.6. The van der Waals surface area contributed by atoms with Gasteiger partial charge in [-0.25, -0.2) is 19.5 Å². The van der Waals surface area contributed by atoms with E-state index in [0.29, 0.717) is 11.2 Å². The van der Waals surface area contributed by atoms with E-state index in [1.54, 1.807) is 0 Å². The molecule has 29 heavy (non-hydrogen) atoms. The number of phosphoric ester groups is 1. The molecule has 0 spiro atoms. The van der Waals surface area contributed by atoms with Gasteiger partial charge in [-0.2, -0.15) is 0 Å². The van der Waals surface area contributed by atoms with Crippen LogP contribution in [0.15, 0.2) is 12.7 Å². The summed E-state index contributed by atoms with van der Waals surface area (Å²) in [6, 6.07) is 0. The number of ether oxygens (including phenoxy) is 1. The van der Waals surface area contributed by atoms with Crippen LogP contribution >= 0.6 is 7.82 Å². The first-order valence-electron chi connectivity index (χ1n) is 9.39. The van der Waals surface area contributed by atoms with Gasteiger partial charge in [-0.1, -0.05) is 20.8 Å². The molecule has 0 aromatic carbocycles. The fourth-order valence-electron chi connectivity index (χ4n) is 2.99. The van der Waals surface area contributed by atoms with Crippen LogP contribution in [0.2, 0.25) is 0 Å². The minimum absolute atomic E-state index is 0.158. The maximum Gasteiger partial charge on any atom is 0.469 e. The fourth-order valence-corrected chi connectivity index (χ4v) is 3.36. The molecule has 12 nitrogen and oxygen atoms in total. The fraction of sp³-hybridized carbons (Fsp3) is 0.688. The van der Waals surface area contributed by atoms with Gasteiger partial charge in [0.05, 0.1) is 19.0 Å². The molecule has 1 aliphatic heterocycles. The van der Waals surface area contributed by atoms with Crippen LogP contribution in [0.25, 0.3) is 11.2 Å². The standard InChI is InChI=1S/C10H14N5O6P.C6H15N/c11-8-7-9(13-3-12-8)15(4-14-7)10-6(16)1-5(21-10)2-20-22(17,18)19;1-4-7(5-2)6-3/h3-6,10,16H,1-2H2,(H2,11,12,13)(H2,17,18,19);4-6H2,1-3H3/t5-,6+,10+;/m0./s1. The molecular weight excluding hydrogens is 403 g/mol. The van der Waals surface area contributed by atoms with Gasteiger partial charge in [0.2, 0.25) is 0 Å². The molecule has 1 saturated heterocycles. The van der Waals surface area contributed by atoms with Gasteiger partial charge >= 0.3 is 7.82 Å². The van der Waals surface area contributed by atoms with Crippen molar-refractivity contribution in [3.8, 4) is 0 Å². The highest BCUT2D eigenvalue weighted by Crippen LogP contribution is 2.38. The lowest BCUT2D eigenvalue weighted by atomic mass is 10.2. The number of phosphoric acid groups is 1. The molecule has 2 aromatic heterocycles. The third-order valence-corrected chi connectivity index (χ3v) is 5.08. The lowest BCUT2D eigenvalue weighted by Gasteiger charge is -2.17. The Balaban J connectivity index is 0.000000370. The van der Waals surface area contributed by atoms with Gasteiger partial charge in [-0.05, 0) is 19.6 Å². The topological polar surface area (TPSA) is 169 Å². The minimum Gasteiger partial charge on any atom is -0.388 e. The zero-order valence-corrected chi connectivity index (χ0v) is 17.6. The second-order valence-electron chi connectivity index (χ2n) is 6.44. The number of aromatic nitrogens is 4. The molecule has 0 amide bonds. The molecule has 3 atom stereocenters. The highest BCUT2D eigenvalue weighted by Gasteiger charge is 2.37. The average Bonchev–Trinajstić information content (AvgIpc) is 3.25. The second-order valence-corrected chi connectivity index (χ2v) is 7.68. The molecule has 3 rings (SSSR count). The van der Waals surface area contributed by atoms with E-state index in [1.165, 1.54) is 36.9 Å². The zero-order chi connectivity index (χ0) is 21.6. The molecule has 164 valence electrons. The molecule has 1 aliphatic rings. The average molecular weight is 432 g/mol. The smallest absolute Gasteiger partial charge is 0.388 e. The van der Waals surface area contributed by atoms with E-state index in [9.17, 15) is 9.67 Å². The predicted molar refractivity (Wildman–Crippen MR) is 106 cm³/mol. The van der Waals surface area contributed by atoms with Crippen LogP contribution in [0.1, 0.15) is 33.4 Å². The van der Waals surface area contributed by atoms with Crippen LogP contribution < -0.4 is 5.73 Å². The number of aliphatic hydroxyl groups is 1. The number of hydrogen-bond acceptors (Lipinski definition) is 9. The summed E-state index contributed by atoms with van der Waals surface area (Å²) in [5.74, 6) is 0.206. The summed E-state index contributed by atoms with van der Waals surface area (Å²) in [6.45, 7) is 9.79. The molecule has 0 saturated carbocycles. The molecule has 2 aromatic rings. The van der Waals surface area contributed by atoms with Gasteiger partial charge in [0.15, 0.2) is 17.7 Å². The monoisotopic (exact) mass is 432 g/mol. The summed E-state index contributed by atoms with van der Waals surface area (Å²) in [6.07, 6.45) is 0.472. The summed E-state index contributed by atoms with van der Waals surface area (Å²) in [5, 5.41) is 10.1. The van der Waals surface area contributed by atoms with Gasteiger partial charge < -0.3 is 30.3 Å². The van der Waals surface area contributed by atoms with Crippen LogP contribution in [0, 0.1) is 0 Å². The van der Waals surface area contributed by atoms with Crippen molar-refractivity contribution in [2.45, 2.75) is 45.6 Å². The molecule has 0 radical (unpaired) electrons. The van der Waals surface area contributed by atoms with Crippen molar-refractivity contribution in [3.63, 3.8) is 0 Å². The number of rotatable bonds is 7. The van der Waals surface area contributed by atoms with Gasteiger partial charge in [0.25, 0.3) is 0 Å². The summed E-state index contributed by atoms with van der Waals surface area (Å²) >= 11 is 0. The van der Waals surface area contributed by atoms with Gasteiger partial charge in [-0.3, -0.25) is 9.09 Å². The Morgan fingerprint density at radius 2 is 1.93 bits per heavy atom. The summed E-state index contributed by atoms with van der Waals surface area (Å²) < 4.78 is 22.2.